The summed E-state index contributed by atoms with van der Waals surface area (Å²) < 4.78 is 2.32. The van der Waals surface area contributed by atoms with E-state index in [2.05, 4.69) is 146 Å². The maximum Gasteiger partial charge on any atom is 0.236 e. The van der Waals surface area contributed by atoms with Crippen LogP contribution in [0.25, 0.3) is 55.9 Å². The van der Waals surface area contributed by atoms with E-state index < -0.39 is 0 Å². The van der Waals surface area contributed by atoms with E-state index in [-0.39, 0.29) is 16.6 Å². The molecule has 3 nitrogen and oxygen atoms in total. The summed E-state index contributed by atoms with van der Waals surface area (Å²) in [7, 11) is 0. The van der Waals surface area contributed by atoms with Gasteiger partial charge in [0.15, 0.2) is 0 Å². The molecule has 218 valence electrons. The van der Waals surface area contributed by atoms with E-state index >= 15 is 0 Å². The van der Waals surface area contributed by atoms with Gasteiger partial charge in [0, 0.05) is 55.8 Å². The van der Waals surface area contributed by atoms with Gasteiger partial charge in [-0.05, 0) is 34.1 Å². The fourth-order valence-electron chi connectivity index (χ4n) is 8.19. The Balaban J connectivity index is 1.27. The maximum absolute atomic E-state index is 5.44. The molecule has 6 aromatic rings. The minimum absolute atomic E-state index is 0.0345. The molecule has 1 aliphatic heterocycles. The molecule has 2 atom stereocenters. The van der Waals surface area contributed by atoms with E-state index in [9.17, 15) is 0 Å². The van der Waals surface area contributed by atoms with Crippen LogP contribution in [0.1, 0.15) is 59.2 Å². The highest BCUT2D eigenvalue weighted by molar-refractivity contribution is 8.08. The highest BCUT2D eigenvalue weighted by atomic mass is 32.2. The summed E-state index contributed by atoms with van der Waals surface area (Å²) in [5.41, 5.74) is 12.0. The van der Waals surface area contributed by atoms with Gasteiger partial charge in [-0.2, -0.15) is 0 Å². The number of thioether (sulfide) groups is 1. The number of rotatable bonds is 2. The molecule has 0 N–H and O–H groups in total. The third kappa shape index (κ3) is 3.47. The van der Waals surface area contributed by atoms with Gasteiger partial charge in [0.1, 0.15) is 5.69 Å². The summed E-state index contributed by atoms with van der Waals surface area (Å²) in [4.78, 5) is 12.3. The van der Waals surface area contributed by atoms with Crippen LogP contribution in [-0.2, 0) is 5.41 Å². The molecular formula is C42H29N3S. The van der Waals surface area contributed by atoms with Crippen molar-refractivity contribution in [2.75, 3.05) is 0 Å². The third-order valence-electron chi connectivity index (χ3n) is 10.2. The largest absolute Gasteiger partial charge is 0.273 e. The van der Waals surface area contributed by atoms with Crippen molar-refractivity contribution < 1.29 is 0 Å². The molecule has 3 aliphatic carbocycles. The molecule has 4 aliphatic rings. The van der Waals surface area contributed by atoms with Gasteiger partial charge in [-0.1, -0.05) is 129 Å². The number of fused-ring (bicyclic) bond motifs is 11. The van der Waals surface area contributed by atoms with Crippen LogP contribution >= 0.6 is 11.8 Å². The van der Waals surface area contributed by atoms with E-state index in [0.29, 0.717) is 5.95 Å². The van der Waals surface area contributed by atoms with Gasteiger partial charge in [-0.15, -0.1) is 11.8 Å². The summed E-state index contributed by atoms with van der Waals surface area (Å²) in [5, 5.41) is 3.56. The Morgan fingerprint density at radius 3 is 2.57 bits per heavy atom. The van der Waals surface area contributed by atoms with Crippen molar-refractivity contribution in [2.45, 2.75) is 30.9 Å². The Labute approximate surface area is 272 Å². The molecule has 3 heterocycles. The number of hydrogen-bond donors (Lipinski definition) is 0. The Bertz CT molecular complexity index is 2460. The monoisotopic (exact) mass is 607 g/mol. The fraction of sp³-hybridized carbons (Fsp3) is 0.143. The smallest absolute Gasteiger partial charge is 0.236 e. The van der Waals surface area contributed by atoms with E-state index in [1.807, 2.05) is 11.8 Å². The molecular weight excluding hydrogens is 579 g/mol. The van der Waals surface area contributed by atoms with Crippen molar-refractivity contribution in [1.29, 1.82) is 0 Å². The van der Waals surface area contributed by atoms with E-state index in [0.717, 1.165) is 39.7 Å². The highest BCUT2D eigenvalue weighted by Gasteiger charge is 2.51. The van der Waals surface area contributed by atoms with Crippen LogP contribution in [0.5, 0.6) is 0 Å². The molecule has 4 aromatic carbocycles. The third-order valence-corrected chi connectivity index (χ3v) is 11.7. The molecule has 0 saturated heterocycles. The number of nitrogens with zero attached hydrogens (tertiary/aromatic N) is 3. The number of aromatic nitrogens is 3. The molecule has 2 unspecified atom stereocenters. The average Bonchev–Trinajstić information content (AvgIpc) is 3.63. The fourth-order valence-corrected chi connectivity index (χ4v) is 9.98. The maximum atomic E-state index is 5.44. The molecule has 4 heteroatoms. The molecule has 46 heavy (non-hydrogen) atoms. The topological polar surface area (TPSA) is 30.7 Å². The molecule has 2 aromatic heterocycles. The van der Waals surface area contributed by atoms with Crippen molar-refractivity contribution in [2.24, 2.45) is 5.92 Å². The number of allylic oxidation sites excluding steroid dienone is 3. The Morgan fingerprint density at radius 2 is 1.65 bits per heavy atom. The van der Waals surface area contributed by atoms with Crippen LogP contribution in [0, 0.1) is 17.8 Å². The summed E-state index contributed by atoms with van der Waals surface area (Å²) in [5.74, 6) is 7.94. The molecule has 0 spiro atoms. The lowest BCUT2D eigenvalue weighted by atomic mass is 9.73. The molecule has 10 rings (SSSR count). The molecule has 0 fully saturated rings. The van der Waals surface area contributed by atoms with Crippen molar-refractivity contribution >= 4 is 50.5 Å². The zero-order valence-corrected chi connectivity index (χ0v) is 26.4. The predicted molar refractivity (Wildman–Crippen MR) is 192 cm³/mol. The lowest BCUT2D eigenvalue weighted by Gasteiger charge is -2.32. The van der Waals surface area contributed by atoms with Crippen LogP contribution in [-0.4, -0.2) is 14.5 Å². The second-order valence-corrected chi connectivity index (χ2v) is 14.2. The van der Waals surface area contributed by atoms with E-state index in [4.69, 9.17) is 9.97 Å². The number of hydrogen-bond acceptors (Lipinski definition) is 3. The standard InChI is InChI=1S/C42H29N3S/c1-42(2)33-19-12-11-18-30(33)39-35(42)31-24-23-29-28-17-7-4-8-20-34(28)45(38(29)40(31)46-39)41-43-36(26-14-5-3-6-15-26)32-22-21-25-13-9-10-16-27(25)37(32)44-41/h3,5-7,9-19,21-24,31,40H,4H2,1-2H3. The van der Waals surface area contributed by atoms with Crippen LogP contribution in [0.3, 0.4) is 0 Å². The average molecular weight is 608 g/mol. The first-order valence-corrected chi connectivity index (χ1v) is 16.9. The van der Waals surface area contributed by atoms with Gasteiger partial charge in [-0.25, -0.2) is 9.97 Å². The minimum atomic E-state index is -0.0345. The predicted octanol–water partition coefficient (Wildman–Crippen LogP) is 10.1. The van der Waals surface area contributed by atoms with Crippen molar-refractivity contribution in [1.82, 2.24) is 14.5 Å². The first-order valence-electron chi connectivity index (χ1n) is 16.0. The summed E-state index contributed by atoms with van der Waals surface area (Å²) in [6.07, 6.45) is 9.97. The summed E-state index contributed by atoms with van der Waals surface area (Å²) in [6, 6.07) is 32.4. The number of benzene rings is 4. The van der Waals surface area contributed by atoms with Crippen molar-refractivity contribution in [3.05, 3.63) is 142 Å². The Kier molecular flexibility index (Phi) is 5.37. The molecule has 0 amide bonds. The van der Waals surface area contributed by atoms with Crippen molar-refractivity contribution in [3.8, 4) is 29.0 Å². The van der Waals surface area contributed by atoms with E-state index in [1.54, 1.807) is 0 Å². The van der Waals surface area contributed by atoms with E-state index in [1.165, 1.54) is 43.8 Å². The van der Waals surface area contributed by atoms with Gasteiger partial charge in [0.05, 0.1) is 16.5 Å². The van der Waals surface area contributed by atoms with Gasteiger partial charge in [0.2, 0.25) is 5.95 Å². The first-order chi connectivity index (χ1) is 22.6. The Hall–Kier alpha value is -5.11. The summed E-state index contributed by atoms with van der Waals surface area (Å²) >= 11 is 2.02. The van der Waals surface area contributed by atoms with Gasteiger partial charge in [-0.3, -0.25) is 4.57 Å². The zero-order valence-electron chi connectivity index (χ0n) is 25.6. The second kappa shape index (κ2) is 9.45. The van der Waals surface area contributed by atoms with Crippen LogP contribution in [0.2, 0.25) is 0 Å². The normalized spacial score (nSPS) is 19.7. The van der Waals surface area contributed by atoms with Crippen molar-refractivity contribution in [3.63, 3.8) is 0 Å². The van der Waals surface area contributed by atoms with Crippen LogP contribution in [0.4, 0.5) is 0 Å². The van der Waals surface area contributed by atoms with Crippen LogP contribution in [0.15, 0.2) is 109 Å². The van der Waals surface area contributed by atoms with Gasteiger partial charge < -0.3 is 0 Å². The van der Waals surface area contributed by atoms with Gasteiger partial charge >= 0.3 is 0 Å². The molecule has 0 bridgehead atoms. The molecule has 0 saturated carbocycles. The molecule has 0 radical (unpaired) electrons. The lowest BCUT2D eigenvalue weighted by molar-refractivity contribution is 0.549. The first kappa shape index (κ1) is 26.1. The minimum Gasteiger partial charge on any atom is -0.273 e. The lowest BCUT2D eigenvalue weighted by Crippen LogP contribution is -2.25. The summed E-state index contributed by atoms with van der Waals surface area (Å²) in [6.45, 7) is 4.79. The van der Waals surface area contributed by atoms with Gasteiger partial charge in [0.25, 0.3) is 0 Å². The quantitative estimate of drug-likeness (QED) is 0.145. The van der Waals surface area contributed by atoms with Crippen LogP contribution < -0.4 is 0 Å². The highest BCUT2D eigenvalue weighted by Crippen LogP contribution is 2.67. The Morgan fingerprint density at radius 1 is 0.826 bits per heavy atom. The zero-order chi connectivity index (χ0) is 30.6. The second-order valence-electron chi connectivity index (χ2n) is 13.1. The SMILES string of the molecule is CC1(C)C2=C(SC3c4c(c5c(n4-c4nc(-c6ccccc6)c6ccc7ccccc7c6n4)C#CCC=C5)C=CC23)c2ccccc21.